The smallest absolute Gasteiger partial charge is 0.264 e. The van der Waals surface area contributed by atoms with Crippen molar-refractivity contribution in [3.05, 3.63) is 22.4 Å². The van der Waals surface area contributed by atoms with E-state index in [1.165, 1.54) is 30.6 Å². The number of nitrogens with zero attached hydrogens (tertiary/aromatic N) is 1. The summed E-state index contributed by atoms with van der Waals surface area (Å²) in [5.74, 6) is 0.00338. The second kappa shape index (κ2) is 9.06. The topological polar surface area (TPSA) is 49.4 Å². The molecule has 1 unspecified atom stereocenters. The van der Waals surface area contributed by atoms with Gasteiger partial charge in [-0.25, -0.2) is 0 Å². The van der Waals surface area contributed by atoms with E-state index in [1.807, 2.05) is 17.5 Å². The molecule has 1 aromatic rings. The van der Waals surface area contributed by atoms with Gasteiger partial charge in [0.15, 0.2) is 0 Å². The van der Waals surface area contributed by atoms with Crippen molar-refractivity contribution in [3.8, 4) is 0 Å². The van der Waals surface area contributed by atoms with E-state index in [-0.39, 0.29) is 23.9 Å². The van der Waals surface area contributed by atoms with Gasteiger partial charge in [0.05, 0.1) is 4.88 Å². The molecule has 2 rings (SSSR count). The Morgan fingerprint density at radius 1 is 1.39 bits per heavy atom. The number of carbonyl (C=O) groups excluding carboxylic acids is 2. The molecule has 1 aliphatic heterocycles. The minimum absolute atomic E-state index is 0.00625. The molecule has 1 aromatic heterocycles. The van der Waals surface area contributed by atoms with Crippen LogP contribution in [0.25, 0.3) is 0 Å². The van der Waals surface area contributed by atoms with Crippen molar-refractivity contribution in [3.63, 3.8) is 0 Å². The van der Waals surface area contributed by atoms with E-state index in [0.717, 1.165) is 30.6 Å². The number of carbonyl (C=O) groups is 2. The van der Waals surface area contributed by atoms with Crippen molar-refractivity contribution in [2.45, 2.75) is 70.9 Å². The van der Waals surface area contributed by atoms with Gasteiger partial charge in [-0.1, -0.05) is 38.7 Å². The van der Waals surface area contributed by atoms with E-state index in [9.17, 15) is 9.59 Å². The molecule has 2 heterocycles. The van der Waals surface area contributed by atoms with E-state index in [1.54, 1.807) is 4.90 Å². The zero-order chi connectivity index (χ0) is 16.7. The lowest BCUT2D eigenvalue weighted by molar-refractivity contribution is -0.125. The number of amides is 2. The van der Waals surface area contributed by atoms with Gasteiger partial charge in [-0.15, -0.1) is 11.3 Å². The zero-order valence-electron chi connectivity index (χ0n) is 14.2. The van der Waals surface area contributed by atoms with Crippen LogP contribution in [-0.4, -0.2) is 35.3 Å². The van der Waals surface area contributed by atoms with E-state index < -0.39 is 0 Å². The molecule has 1 saturated heterocycles. The monoisotopic (exact) mass is 336 g/mol. The molecule has 0 spiro atoms. The molecule has 1 aliphatic rings. The van der Waals surface area contributed by atoms with E-state index in [2.05, 4.69) is 19.2 Å². The highest BCUT2D eigenvalue weighted by molar-refractivity contribution is 7.12. The fourth-order valence-corrected chi connectivity index (χ4v) is 3.79. The van der Waals surface area contributed by atoms with Crippen molar-refractivity contribution in [1.29, 1.82) is 0 Å². The number of rotatable bonds is 8. The third kappa shape index (κ3) is 5.06. The second-order valence-electron chi connectivity index (χ2n) is 6.39. The highest BCUT2D eigenvalue weighted by Crippen LogP contribution is 2.22. The Hall–Kier alpha value is -1.36. The minimum atomic E-state index is -0.303. The first-order chi connectivity index (χ1) is 11.1. The number of thiophene rings is 1. The van der Waals surface area contributed by atoms with Crippen LogP contribution in [0.5, 0.6) is 0 Å². The van der Waals surface area contributed by atoms with Crippen molar-refractivity contribution in [2.24, 2.45) is 0 Å². The molecule has 0 aromatic carbocycles. The molecular formula is C18H28N2O2S. The Kier molecular flexibility index (Phi) is 7.09. The Balaban J connectivity index is 1.84. The SMILES string of the molecule is CCCCCCC(C)NC(=O)[C@@H]1CCCN1C(=O)c1cccs1. The standard InChI is InChI=1S/C18H28N2O2S/c1-3-4-5-6-9-14(2)19-17(21)15-10-7-12-20(15)18(22)16-11-8-13-23-16/h8,11,13-15H,3-7,9-10,12H2,1-2H3,(H,19,21)/t14?,15-/m0/s1. The molecule has 1 N–H and O–H groups in total. The Labute approximate surface area is 143 Å². The van der Waals surface area contributed by atoms with Crippen LogP contribution in [0.4, 0.5) is 0 Å². The second-order valence-corrected chi connectivity index (χ2v) is 7.34. The fourth-order valence-electron chi connectivity index (χ4n) is 3.11. The summed E-state index contributed by atoms with van der Waals surface area (Å²) in [6.45, 7) is 4.94. The average molecular weight is 337 g/mol. The third-order valence-corrected chi connectivity index (χ3v) is 5.29. The van der Waals surface area contributed by atoms with Gasteiger partial charge in [0.25, 0.3) is 5.91 Å². The van der Waals surface area contributed by atoms with Crippen LogP contribution in [0.3, 0.4) is 0 Å². The van der Waals surface area contributed by atoms with Gasteiger partial charge in [-0.3, -0.25) is 9.59 Å². The van der Waals surface area contributed by atoms with Crippen LogP contribution in [0.1, 0.15) is 68.5 Å². The molecular weight excluding hydrogens is 308 g/mol. The average Bonchev–Trinajstić information content (AvgIpc) is 3.21. The summed E-state index contributed by atoms with van der Waals surface area (Å²) in [6, 6.07) is 3.58. The molecule has 0 aliphatic carbocycles. The Bertz CT molecular complexity index is 501. The molecule has 23 heavy (non-hydrogen) atoms. The quantitative estimate of drug-likeness (QED) is 0.734. The zero-order valence-corrected chi connectivity index (χ0v) is 15.0. The maximum Gasteiger partial charge on any atom is 0.264 e. The van der Waals surface area contributed by atoms with Gasteiger partial charge >= 0.3 is 0 Å². The van der Waals surface area contributed by atoms with Crippen molar-refractivity contribution >= 4 is 23.2 Å². The lowest BCUT2D eigenvalue weighted by Gasteiger charge is -2.25. The molecule has 0 bridgehead atoms. The van der Waals surface area contributed by atoms with Crippen molar-refractivity contribution in [1.82, 2.24) is 10.2 Å². The fraction of sp³-hybridized carbons (Fsp3) is 0.667. The first-order valence-electron chi connectivity index (χ1n) is 8.78. The van der Waals surface area contributed by atoms with Gasteiger partial charge < -0.3 is 10.2 Å². The first kappa shape index (κ1) is 18.0. The van der Waals surface area contributed by atoms with Crippen LogP contribution < -0.4 is 5.32 Å². The molecule has 5 heteroatoms. The molecule has 2 amide bonds. The maximum absolute atomic E-state index is 12.5. The molecule has 4 nitrogen and oxygen atoms in total. The van der Waals surface area contributed by atoms with E-state index in [0.29, 0.717) is 6.54 Å². The lowest BCUT2D eigenvalue weighted by Crippen LogP contribution is -2.48. The molecule has 128 valence electrons. The summed E-state index contributed by atoms with van der Waals surface area (Å²) in [7, 11) is 0. The highest BCUT2D eigenvalue weighted by atomic mass is 32.1. The summed E-state index contributed by atoms with van der Waals surface area (Å²) in [5, 5.41) is 5.00. The molecule has 0 saturated carbocycles. The number of likely N-dealkylation sites (tertiary alicyclic amines) is 1. The number of unbranched alkanes of at least 4 members (excludes halogenated alkanes) is 3. The Morgan fingerprint density at radius 3 is 2.91 bits per heavy atom. The highest BCUT2D eigenvalue weighted by Gasteiger charge is 2.35. The number of hydrogen-bond acceptors (Lipinski definition) is 3. The van der Waals surface area contributed by atoms with Crippen LogP contribution in [0.15, 0.2) is 17.5 Å². The van der Waals surface area contributed by atoms with Crippen LogP contribution in [0, 0.1) is 0 Å². The minimum Gasteiger partial charge on any atom is -0.352 e. The van der Waals surface area contributed by atoms with Gasteiger partial charge in [0.1, 0.15) is 6.04 Å². The van der Waals surface area contributed by atoms with Crippen LogP contribution >= 0.6 is 11.3 Å². The molecule has 2 atom stereocenters. The van der Waals surface area contributed by atoms with Gasteiger partial charge in [0, 0.05) is 12.6 Å². The van der Waals surface area contributed by atoms with E-state index >= 15 is 0 Å². The first-order valence-corrected chi connectivity index (χ1v) is 9.66. The third-order valence-electron chi connectivity index (χ3n) is 4.43. The molecule has 1 fully saturated rings. The summed E-state index contributed by atoms with van der Waals surface area (Å²) in [5.41, 5.74) is 0. The molecule has 0 radical (unpaired) electrons. The van der Waals surface area contributed by atoms with Gasteiger partial charge in [0.2, 0.25) is 5.91 Å². The summed E-state index contributed by atoms with van der Waals surface area (Å²) < 4.78 is 0. The number of nitrogens with one attached hydrogen (secondary N) is 1. The predicted molar refractivity (Wildman–Crippen MR) is 94.7 cm³/mol. The normalized spacial score (nSPS) is 18.9. The Morgan fingerprint density at radius 2 is 2.22 bits per heavy atom. The summed E-state index contributed by atoms with van der Waals surface area (Å²) in [6.07, 6.45) is 7.54. The lowest BCUT2D eigenvalue weighted by atomic mass is 10.1. The van der Waals surface area contributed by atoms with Crippen LogP contribution in [0.2, 0.25) is 0 Å². The van der Waals surface area contributed by atoms with Crippen LogP contribution in [-0.2, 0) is 4.79 Å². The van der Waals surface area contributed by atoms with Crippen molar-refractivity contribution < 1.29 is 9.59 Å². The summed E-state index contributed by atoms with van der Waals surface area (Å²) >= 11 is 1.44. The van der Waals surface area contributed by atoms with E-state index in [4.69, 9.17) is 0 Å². The number of hydrogen-bond donors (Lipinski definition) is 1. The maximum atomic E-state index is 12.5. The van der Waals surface area contributed by atoms with Crippen molar-refractivity contribution in [2.75, 3.05) is 6.54 Å². The van der Waals surface area contributed by atoms with Gasteiger partial charge in [-0.05, 0) is 37.6 Å². The largest absolute Gasteiger partial charge is 0.352 e. The van der Waals surface area contributed by atoms with Gasteiger partial charge in [-0.2, -0.15) is 0 Å². The predicted octanol–water partition coefficient (Wildman–Crippen LogP) is 3.83. The summed E-state index contributed by atoms with van der Waals surface area (Å²) in [4.78, 5) is 27.5.